The number of benzene rings is 1. The van der Waals surface area contributed by atoms with Crippen molar-refractivity contribution in [2.75, 3.05) is 31.2 Å². The van der Waals surface area contributed by atoms with Gasteiger partial charge in [-0.2, -0.15) is 0 Å². The number of hydrogen-bond acceptors (Lipinski definition) is 3. The van der Waals surface area contributed by atoms with E-state index in [1.165, 1.54) is 22.7 Å². The Balaban J connectivity index is 2.00. The van der Waals surface area contributed by atoms with Crippen LogP contribution >= 0.6 is 27.5 Å². The van der Waals surface area contributed by atoms with Gasteiger partial charge in [0.15, 0.2) is 0 Å². The summed E-state index contributed by atoms with van der Waals surface area (Å²) in [5.74, 6) is -0.195. The Hall–Kier alpha value is -0.370. The second kappa shape index (κ2) is 6.81. The number of piperidine rings is 1. The van der Waals surface area contributed by atoms with Crippen LogP contribution in [0.5, 0.6) is 0 Å². The molecule has 21 heavy (non-hydrogen) atoms. The minimum absolute atomic E-state index is 0.210. The molecule has 1 aromatic carbocycles. The second-order valence-electron chi connectivity index (χ2n) is 5.25. The normalized spacial score (nSPS) is 20.5. The van der Waals surface area contributed by atoms with Gasteiger partial charge in [-0.15, -0.1) is 0 Å². The SMILES string of the molecule is CS(=O)(=O)N1CCCC(CNc2c(Cl)cc(F)cc2Br)C1. The van der Waals surface area contributed by atoms with Crippen molar-refractivity contribution < 1.29 is 12.8 Å². The van der Waals surface area contributed by atoms with E-state index in [1.807, 2.05) is 0 Å². The minimum Gasteiger partial charge on any atom is -0.383 e. The van der Waals surface area contributed by atoms with Gasteiger partial charge in [0.2, 0.25) is 10.0 Å². The molecule has 0 aromatic heterocycles. The fourth-order valence-electron chi connectivity index (χ4n) is 2.45. The Labute approximate surface area is 137 Å². The van der Waals surface area contributed by atoms with Gasteiger partial charge in [-0.25, -0.2) is 17.1 Å². The average Bonchev–Trinajstić information content (AvgIpc) is 2.36. The second-order valence-corrected chi connectivity index (χ2v) is 8.50. The van der Waals surface area contributed by atoms with Crippen LogP contribution in [0.15, 0.2) is 16.6 Å². The number of anilines is 1. The zero-order valence-corrected chi connectivity index (χ0v) is 14.7. The minimum atomic E-state index is -3.14. The molecule has 1 unspecified atom stereocenters. The standard InChI is InChI=1S/C13H17BrClFN2O2S/c1-21(19,20)18-4-2-3-9(8-18)7-17-13-11(14)5-10(16)6-12(13)15/h5-6,9,17H,2-4,7-8H2,1H3. The number of rotatable bonds is 4. The first-order valence-electron chi connectivity index (χ1n) is 6.61. The predicted octanol–water partition coefficient (Wildman–Crippen LogP) is 3.33. The lowest BCUT2D eigenvalue weighted by Gasteiger charge is -2.31. The molecule has 1 fully saturated rings. The molecule has 1 aliphatic heterocycles. The maximum Gasteiger partial charge on any atom is 0.211 e. The summed E-state index contributed by atoms with van der Waals surface area (Å²) in [7, 11) is -3.14. The first kappa shape index (κ1) is 17.0. The molecule has 1 aliphatic rings. The number of nitrogens with zero attached hydrogens (tertiary/aromatic N) is 1. The molecule has 1 aromatic rings. The first-order valence-corrected chi connectivity index (χ1v) is 9.63. The molecule has 118 valence electrons. The van der Waals surface area contributed by atoms with E-state index in [-0.39, 0.29) is 5.92 Å². The van der Waals surface area contributed by atoms with Gasteiger partial charge in [0.05, 0.1) is 17.0 Å². The smallest absolute Gasteiger partial charge is 0.211 e. The van der Waals surface area contributed by atoms with Gasteiger partial charge in [0.25, 0.3) is 0 Å². The molecular formula is C13H17BrClFN2O2S. The highest BCUT2D eigenvalue weighted by molar-refractivity contribution is 9.10. The predicted molar refractivity (Wildman–Crippen MR) is 86.7 cm³/mol. The summed E-state index contributed by atoms with van der Waals surface area (Å²) in [4.78, 5) is 0. The quantitative estimate of drug-likeness (QED) is 0.845. The third kappa shape index (κ3) is 4.55. The van der Waals surface area contributed by atoms with Crippen molar-refractivity contribution in [3.8, 4) is 0 Å². The summed E-state index contributed by atoms with van der Waals surface area (Å²) >= 11 is 9.29. The Kier molecular flexibility index (Phi) is 5.51. The van der Waals surface area contributed by atoms with Crippen molar-refractivity contribution in [2.45, 2.75) is 12.8 Å². The van der Waals surface area contributed by atoms with Gasteiger partial charge in [0.1, 0.15) is 5.82 Å². The number of hydrogen-bond donors (Lipinski definition) is 1. The molecule has 0 amide bonds. The van der Waals surface area contributed by atoms with Crippen molar-refractivity contribution in [1.29, 1.82) is 0 Å². The van der Waals surface area contributed by atoms with Crippen LogP contribution in [0, 0.1) is 11.7 Å². The lowest BCUT2D eigenvalue weighted by molar-refractivity contribution is 0.277. The van der Waals surface area contributed by atoms with Crippen LogP contribution in [0.1, 0.15) is 12.8 Å². The van der Waals surface area contributed by atoms with Crippen molar-refractivity contribution >= 4 is 43.2 Å². The molecule has 1 heterocycles. The first-order chi connectivity index (χ1) is 9.77. The molecule has 1 atom stereocenters. The molecular weight excluding hydrogens is 383 g/mol. The summed E-state index contributed by atoms with van der Waals surface area (Å²) in [5, 5.41) is 3.49. The molecule has 0 radical (unpaired) electrons. The molecule has 0 bridgehead atoms. The fraction of sp³-hybridized carbons (Fsp3) is 0.538. The van der Waals surface area contributed by atoms with E-state index < -0.39 is 15.8 Å². The largest absolute Gasteiger partial charge is 0.383 e. The third-order valence-corrected chi connectivity index (χ3v) is 5.72. The highest BCUT2D eigenvalue weighted by Crippen LogP contribution is 2.32. The van der Waals surface area contributed by atoms with Gasteiger partial charge >= 0.3 is 0 Å². The van der Waals surface area contributed by atoms with Gasteiger partial charge in [-0.3, -0.25) is 0 Å². The van der Waals surface area contributed by atoms with E-state index >= 15 is 0 Å². The lowest BCUT2D eigenvalue weighted by atomic mass is 9.99. The molecule has 1 saturated heterocycles. The highest BCUT2D eigenvalue weighted by atomic mass is 79.9. The van der Waals surface area contributed by atoms with Gasteiger partial charge in [-0.05, 0) is 46.8 Å². The van der Waals surface area contributed by atoms with Crippen LogP contribution in [0.2, 0.25) is 5.02 Å². The molecule has 2 rings (SSSR count). The van der Waals surface area contributed by atoms with E-state index in [1.54, 1.807) is 0 Å². The Bertz CT molecular complexity index is 604. The third-order valence-electron chi connectivity index (χ3n) is 3.53. The van der Waals surface area contributed by atoms with Crippen LogP contribution in [0.3, 0.4) is 0 Å². The fourth-order valence-corrected chi connectivity index (χ4v) is 4.35. The lowest BCUT2D eigenvalue weighted by Crippen LogP contribution is -2.41. The zero-order chi connectivity index (χ0) is 15.6. The van der Waals surface area contributed by atoms with Crippen LogP contribution in [0.25, 0.3) is 0 Å². The van der Waals surface area contributed by atoms with Crippen molar-refractivity contribution in [1.82, 2.24) is 4.31 Å². The Morgan fingerprint density at radius 2 is 2.24 bits per heavy atom. The van der Waals surface area contributed by atoms with Crippen LogP contribution in [-0.2, 0) is 10.0 Å². The van der Waals surface area contributed by atoms with E-state index in [4.69, 9.17) is 11.6 Å². The Morgan fingerprint density at radius 1 is 1.52 bits per heavy atom. The average molecular weight is 400 g/mol. The van der Waals surface area contributed by atoms with E-state index in [2.05, 4.69) is 21.2 Å². The molecule has 8 heteroatoms. The molecule has 0 spiro atoms. The molecule has 1 N–H and O–H groups in total. The Morgan fingerprint density at radius 3 is 2.86 bits per heavy atom. The van der Waals surface area contributed by atoms with Crippen LogP contribution in [0.4, 0.5) is 10.1 Å². The van der Waals surface area contributed by atoms with E-state index in [9.17, 15) is 12.8 Å². The molecule has 0 aliphatic carbocycles. The van der Waals surface area contributed by atoms with Gasteiger partial charge < -0.3 is 5.32 Å². The highest BCUT2D eigenvalue weighted by Gasteiger charge is 2.25. The summed E-state index contributed by atoms with van der Waals surface area (Å²) in [5.41, 5.74) is 0.634. The van der Waals surface area contributed by atoms with E-state index in [0.717, 1.165) is 12.8 Å². The van der Waals surface area contributed by atoms with Crippen molar-refractivity contribution in [3.05, 3.63) is 27.4 Å². The molecule has 0 saturated carbocycles. The van der Waals surface area contributed by atoms with Gasteiger partial charge in [0, 0.05) is 24.1 Å². The van der Waals surface area contributed by atoms with E-state index in [0.29, 0.717) is 34.8 Å². The number of halogens is 3. The monoisotopic (exact) mass is 398 g/mol. The van der Waals surface area contributed by atoms with Crippen molar-refractivity contribution in [3.63, 3.8) is 0 Å². The summed E-state index contributed by atoms with van der Waals surface area (Å²) in [6.07, 6.45) is 3.03. The van der Waals surface area contributed by atoms with Crippen LogP contribution < -0.4 is 5.32 Å². The maximum atomic E-state index is 13.2. The maximum absolute atomic E-state index is 13.2. The van der Waals surface area contributed by atoms with Crippen LogP contribution in [-0.4, -0.2) is 38.6 Å². The summed E-state index contributed by atoms with van der Waals surface area (Å²) in [6, 6.07) is 2.59. The summed E-state index contributed by atoms with van der Waals surface area (Å²) < 4.78 is 38.4. The summed E-state index contributed by atoms with van der Waals surface area (Å²) in [6.45, 7) is 1.68. The molecule has 4 nitrogen and oxygen atoms in total. The number of nitrogens with one attached hydrogen (secondary N) is 1. The van der Waals surface area contributed by atoms with Crippen molar-refractivity contribution in [2.24, 2.45) is 5.92 Å². The zero-order valence-electron chi connectivity index (χ0n) is 11.6. The van der Waals surface area contributed by atoms with Gasteiger partial charge in [-0.1, -0.05) is 11.6 Å². The topological polar surface area (TPSA) is 49.4 Å². The number of sulfonamides is 1.